The molecule has 2 aliphatic heterocycles. The molecule has 0 fully saturated rings. The van der Waals surface area contributed by atoms with Gasteiger partial charge in [-0.05, 0) is 37.6 Å². The quantitative estimate of drug-likeness (QED) is 0.700. The molecular formula is C23H31N5O2. The lowest BCUT2D eigenvalue weighted by molar-refractivity contribution is 0.139. The summed E-state index contributed by atoms with van der Waals surface area (Å²) in [6.45, 7) is 6.36. The number of anilines is 3. The molecule has 7 nitrogen and oxygen atoms in total. The van der Waals surface area contributed by atoms with E-state index in [0.717, 1.165) is 59.0 Å². The van der Waals surface area contributed by atoms with Crippen molar-refractivity contribution < 1.29 is 9.84 Å². The van der Waals surface area contributed by atoms with Crippen molar-refractivity contribution >= 4 is 23.0 Å². The number of ether oxygens (including phenoxy) is 1. The predicted octanol–water partition coefficient (Wildman–Crippen LogP) is 3.15. The Bertz CT molecular complexity index is 950. The van der Waals surface area contributed by atoms with Gasteiger partial charge in [0.05, 0.1) is 12.7 Å². The van der Waals surface area contributed by atoms with Crippen molar-refractivity contribution in [1.82, 2.24) is 14.9 Å². The number of aliphatic hydroxyl groups excluding tert-OH is 1. The molecule has 30 heavy (non-hydrogen) atoms. The summed E-state index contributed by atoms with van der Waals surface area (Å²) >= 11 is 0. The topological polar surface area (TPSA) is 82.5 Å². The summed E-state index contributed by atoms with van der Waals surface area (Å²) in [6, 6.07) is 4.12. The monoisotopic (exact) mass is 409 g/mol. The average molecular weight is 410 g/mol. The van der Waals surface area contributed by atoms with Crippen LogP contribution in [-0.2, 0) is 12.8 Å². The maximum absolute atomic E-state index is 10.5. The number of rotatable bonds is 5. The number of fused-ring (bicyclic) bond motifs is 1. The average Bonchev–Trinajstić information content (AvgIpc) is 3.12. The van der Waals surface area contributed by atoms with Crippen LogP contribution in [0.2, 0.25) is 0 Å². The number of nitrogens with zero attached hydrogens (tertiary/aromatic N) is 3. The molecule has 0 bridgehead atoms. The molecule has 1 atom stereocenters. The largest absolute Gasteiger partial charge is 0.492 e. The zero-order chi connectivity index (χ0) is 21.3. The molecule has 7 heteroatoms. The van der Waals surface area contributed by atoms with E-state index in [0.29, 0.717) is 25.5 Å². The number of benzene rings is 1. The highest BCUT2D eigenvalue weighted by atomic mass is 16.5. The van der Waals surface area contributed by atoms with Crippen molar-refractivity contribution in [2.24, 2.45) is 0 Å². The second kappa shape index (κ2) is 8.62. The second-order valence-electron chi connectivity index (χ2n) is 8.12. The molecule has 0 saturated heterocycles. The SMILES string of the molecule is CCc1cc(NC)nc(Nc2cc3c(c(C4=CCN(C)C[C@@H](O)C4)c2C)OCC3)n1. The number of hydrogen-bond acceptors (Lipinski definition) is 7. The Morgan fingerprint density at radius 3 is 2.90 bits per heavy atom. The number of hydrogen-bond donors (Lipinski definition) is 3. The first-order valence-electron chi connectivity index (χ1n) is 10.7. The van der Waals surface area contributed by atoms with Crippen LogP contribution in [-0.4, -0.2) is 59.9 Å². The molecule has 1 aromatic heterocycles. The fourth-order valence-corrected chi connectivity index (χ4v) is 4.23. The fourth-order valence-electron chi connectivity index (χ4n) is 4.23. The van der Waals surface area contributed by atoms with E-state index in [9.17, 15) is 5.11 Å². The van der Waals surface area contributed by atoms with E-state index >= 15 is 0 Å². The molecule has 3 heterocycles. The molecular weight excluding hydrogens is 378 g/mol. The third kappa shape index (κ3) is 4.13. The number of likely N-dealkylation sites (N-methyl/N-ethyl adjacent to an activating group) is 1. The van der Waals surface area contributed by atoms with Gasteiger partial charge < -0.3 is 25.4 Å². The van der Waals surface area contributed by atoms with Crippen LogP contribution in [0.5, 0.6) is 5.75 Å². The zero-order valence-corrected chi connectivity index (χ0v) is 18.2. The lowest BCUT2D eigenvalue weighted by Gasteiger charge is -2.20. The maximum Gasteiger partial charge on any atom is 0.229 e. The molecule has 0 unspecified atom stereocenters. The van der Waals surface area contributed by atoms with Crippen LogP contribution < -0.4 is 15.4 Å². The Balaban J connectivity index is 1.77. The van der Waals surface area contributed by atoms with E-state index in [1.54, 1.807) is 0 Å². The first-order valence-corrected chi connectivity index (χ1v) is 10.7. The van der Waals surface area contributed by atoms with Crippen LogP contribution in [0, 0.1) is 6.92 Å². The van der Waals surface area contributed by atoms with Crippen LogP contribution in [0.25, 0.3) is 5.57 Å². The van der Waals surface area contributed by atoms with Crippen LogP contribution in [0.15, 0.2) is 18.2 Å². The van der Waals surface area contributed by atoms with E-state index < -0.39 is 0 Å². The van der Waals surface area contributed by atoms with Crippen LogP contribution in [0.3, 0.4) is 0 Å². The van der Waals surface area contributed by atoms with E-state index in [-0.39, 0.29) is 6.10 Å². The zero-order valence-electron chi connectivity index (χ0n) is 18.2. The van der Waals surface area contributed by atoms with Crippen LogP contribution >= 0.6 is 0 Å². The summed E-state index contributed by atoms with van der Waals surface area (Å²) in [7, 11) is 3.90. The van der Waals surface area contributed by atoms with Gasteiger partial charge >= 0.3 is 0 Å². The molecule has 0 amide bonds. The molecule has 4 rings (SSSR count). The van der Waals surface area contributed by atoms with Crippen LogP contribution in [0.1, 0.15) is 35.7 Å². The number of aliphatic hydroxyl groups is 1. The Hall–Kier alpha value is -2.64. The molecule has 160 valence electrons. The molecule has 2 aliphatic rings. The van der Waals surface area contributed by atoms with Gasteiger partial charge in [0.25, 0.3) is 0 Å². The van der Waals surface area contributed by atoms with E-state index in [1.165, 1.54) is 5.56 Å². The number of aryl methyl sites for hydroxylation is 1. The van der Waals surface area contributed by atoms with E-state index in [2.05, 4.69) is 51.5 Å². The summed E-state index contributed by atoms with van der Waals surface area (Å²) in [5.74, 6) is 2.34. The van der Waals surface area contributed by atoms with E-state index in [4.69, 9.17) is 4.74 Å². The van der Waals surface area contributed by atoms with Gasteiger partial charge in [-0.25, -0.2) is 4.98 Å². The number of aromatic nitrogens is 2. The highest BCUT2D eigenvalue weighted by Gasteiger charge is 2.26. The van der Waals surface area contributed by atoms with Gasteiger partial charge in [-0.15, -0.1) is 0 Å². The van der Waals surface area contributed by atoms with Gasteiger partial charge in [-0.1, -0.05) is 13.0 Å². The third-order valence-electron chi connectivity index (χ3n) is 5.83. The highest BCUT2D eigenvalue weighted by molar-refractivity contribution is 5.81. The highest BCUT2D eigenvalue weighted by Crippen LogP contribution is 2.42. The number of nitrogens with one attached hydrogen (secondary N) is 2. The predicted molar refractivity (Wildman–Crippen MR) is 121 cm³/mol. The van der Waals surface area contributed by atoms with Crippen molar-refractivity contribution in [3.63, 3.8) is 0 Å². The second-order valence-corrected chi connectivity index (χ2v) is 8.12. The normalized spacial score (nSPS) is 19.0. The van der Waals surface area contributed by atoms with Crippen molar-refractivity contribution in [2.75, 3.05) is 44.4 Å². The molecule has 2 aromatic rings. The van der Waals surface area contributed by atoms with Gasteiger partial charge in [0, 0.05) is 61.6 Å². The summed E-state index contributed by atoms with van der Waals surface area (Å²) in [6.07, 6.45) is 4.17. The smallest absolute Gasteiger partial charge is 0.229 e. The standard InChI is InChI=1S/C23H31N5O2/c1-5-17-12-20(24-3)27-23(25-17)26-19-11-16-7-9-30-22(16)21(14(19)2)15-6-8-28(4)13-18(29)10-15/h6,11-12,18,29H,5,7-10,13H2,1-4H3,(H2,24,25,26,27)/t18-/m0/s1. The lowest BCUT2D eigenvalue weighted by Crippen LogP contribution is -2.27. The Kier molecular flexibility index (Phi) is 5.92. The molecule has 3 N–H and O–H groups in total. The van der Waals surface area contributed by atoms with Gasteiger partial charge in [0.2, 0.25) is 5.95 Å². The summed E-state index contributed by atoms with van der Waals surface area (Å²) in [5.41, 5.74) is 6.49. The first-order chi connectivity index (χ1) is 14.5. The third-order valence-corrected chi connectivity index (χ3v) is 5.83. The fraction of sp³-hybridized carbons (Fsp3) is 0.478. The van der Waals surface area contributed by atoms with Gasteiger partial charge in [0.15, 0.2) is 0 Å². The van der Waals surface area contributed by atoms with Crippen LogP contribution in [0.4, 0.5) is 17.5 Å². The lowest BCUT2D eigenvalue weighted by atomic mass is 9.91. The molecule has 1 aromatic carbocycles. The maximum atomic E-state index is 10.5. The van der Waals surface area contributed by atoms with E-state index in [1.807, 2.05) is 20.2 Å². The summed E-state index contributed by atoms with van der Waals surface area (Å²) < 4.78 is 6.04. The minimum absolute atomic E-state index is 0.389. The summed E-state index contributed by atoms with van der Waals surface area (Å²) in [4.78, 5) is 11.4. The Morgan fingerprint density at radius 1 is 1.30 bits per heavy atom. The van der Waals surface area contributed by atoms with Crippen molar-refractivity contribution in [3.05, 3.63) is 40.6 Å². The minimum atomic E-state index is -0.389. The van der Waals surface area contributed by atoms with Gasteiger partial charge in [-0.3, -0.25) is 0 Å². The number of β-amino-alcohol motifs (C(OH)–C–C–N with tert-alkyl or cyclic N) is 1. The van der Waals surface area contributed by atoms with Gasteiger partial charge in [-0.2, -0.15) is 4.98 Å². The van der Waals surface area contributed by atoms with Crippen molar-refractivity contribution in [2.45, 2.75) is 39.2 Å². The van der Waals surface area contributed by atoms with Crippen molar-refractivity contribution in [3.8, 4) is 5.75 Å². The molecule has 0 saturated carbocycles. The van der Waals surface area contributed by atoms with Gasteiger partial charge in [0.1, 0.15) is 11.6 Å². The Labute approximate surface area is 178 Å². The Morgan fingerprint density at radius 2 is 2.13 bits per heavy atom. The summed E-state index contributed by atoms with van der Waals surface area (Å²) in [5, 5.41) is 17.0. The minimum Gasteiger partial charge on any atom is -0.492 e. The molecule has 0 aliphatic carbocycles. The molecule has 0 radical (unpaired) electrons. The first kappa shape index (κ1) is 20.6. The molecule has 0 spiro atoms. The van der Waals surface area contributed by atoms with Crippen molar-refractivity contribution in [1.29, 1.82) is 0 Å².